The second-order valence-corrected chi connectivity index (χ2v) is 5.82. The molecule has 0 amide bonds. The quantitative estimate of drug-likeness (QED) is 0.626. The third-order valence-electron chi connectivity index (χ3n) is 3.01. The van der Waals surface area contributed by atoms with Crippen molar-refractivity contribution in [1.82, 2.24) is 0 Å². The molecule has 86 valence electrons. The Morgan fingerprint density at radius 3 is 2.44 bits per heavy atom. The van der Waals surface area contributed by atoms with Crippen LogP contribution in [-0.4, -0.2) is 5.38 Å². The molecule has 16 heavy (non-hydrogen) atoms. The van der Waals surface area contributed by atoms with Crippen molar-refractivity contribution in [1.29, 1.82) is 0 Å². The lowest BCUT2D eigenvalue weighted by Gasteiger charge is -2.32. The van der Waals surface area contributed by atoms with Crippen molar-refractivity contribution in [3.8, 4) is 0 Å². The Morgan fingerprint density at radius 2 is 1.88 bits per heavy atom. The normalized spacial score (nSPS) is 24.0. The molecule has 0 aliphatic heterocycles. The molecule has 2 rings (SSSR count). The minimum Gasteiger partial charge on any atom is -0.207 e. The highest BCUT2D eigenvalue weighted by molar-refractivity contribution is 6.22. The number of hydrogen-bond donors (Lipinski definition) is 0. The van der Waals surface area contributed by atoms with Crippen LogP contribution >= 0.6 is 11.6 Å². The second kappa shape index (κ2) is 4.21. The number of benzene rings is 1. The van der Waals surface area contributed by atoms with Crippen molar-refractivity contribution in [2.24, 2.45) is 5.41 Å². The van der Waals surface area contributed by atoms with Crippen molar-refractivity contribution in [3.05, 3.63) is 41.7 Å². The van der Waals surface area contributed by atoms with E-state index in [0.29, 0.717) is 0 Å². The van der Waals surface area contributed by atoms with E-state index in [-0.39, 0.29) is 16.6 Å². The van der Waals surface area contributed by atoms with E-state index in [2.05, 4.69) is 19.9 Å². The molecule has 0 saturated carbocycles. The summed E-state index contributed by atoms with van der Waals surface area (Å²) in [7, 11) is 0. The van der Waals surface area contributed by atoms with Crippen LogP contribution in [0.25, 0.3) is 5.57 Å². The van der Waals surface area contributed by atoms with E-state index in [1.165, 1.54) is 17.7 Å². The zero-order chi connectivity index (χ0) is 11.8. The molecule has 0 aromatic heterocycles. The van der Waals surface area contributed by atoms with Crippen LogP contribution in [0, 0.1) is 11.2 Å². The van der Waals surface area contributed by atoms with E-state index >= 15 is 0 Å². The van der Waals surface area contributed by atoms with Crippen LogP contribution in [0.3, 0.4) is 0 Å². The molecule has 1 aliphatic rings. The van der Waals surface area contributed by atoms with Crippen LogP contribution in [0.4, 0.5) is 4.39 Å². The molecule has 1 unspecified atom stereocenters. The number of hydrogen-bond acceptors (Lipinski definition) is 0. The molecule has 0 bridgehead atoms. The molecule has 1 aromatic rings. The standard InChI is InChI=1S/C14H16ClF/c1-14(2)8-11(7-12(15)9-14)10-3-5-13(16)6-4-10/h3-7,12H,8-9H2,1-2H3. The molecule has 0 heterocycles. The molecule has 1 aromatic carbocycles. The smallest absolute Gasteiger partial charge is 0.123 e. The van der Waals surface area contributed by atoms with Gasteiger partial charge in [-0.15, -0.1) is 11.6 Å². The van der Waals surface area contributed by atoms with Crippen molar-refractivity contribution in [2.45, 2.75) is 32.1 Å². The topological polar surface area (TPSA) is 0 Å². The predicted molar refractivity (Wildman–Crippen MR) is 67.0 cm³/mol. The summed E-state index contributed by atoms with van der Waals surface area (Å²) >= 11 is 6.23. The van der Waals surface area contributed by atoms with E-state index in [0.717, 1.165) is 18.4 Å². The molecule has 0 N–H and O–H groups in total. The Balaban J connectivity index is 2.30. The molecule has 0 spiro atoms. The van der Waals surface area contributed by atoms with Gasteiger partial charge >= 0.3 is 0 Å². The minimum atomic E-state index is -0.193. The van der Waals surface area contributed by atoms with Gasteiger partial charge < -0.3 is 0 Å². The summed E-state index contributed by atoms with van der Waals surface area (Å²) in [6, 6.07) is 6.65. The van der Waals surface area contributed by atoms with Gasteiger partial charge in [-0.05, 0) is 41.5 Å². The summed E-state index contributed by atoms with van der Waals surface area (Å²) < 4.78 is 12.8. The predicted octanol–water partition coefficient (Wildman–Crippen LogP) is 4.64. The highest BCUT2D eigenvalue weighted by Crippen LogP contribution is 2.41. The Kier molecular flexibility index (Phi) is 3.07. The fraction of sp³-hybridized carbons (Fsp3) is 0.429. The van der Waals surface area contributed by atoms with Gasteiger partial charge in [0.25, 0.3) is 0 Å². The maximum absolute atomic E-state index is 12.8. The Labute approximate surface area is 101 Å². The van der Waals surface area contributed by atoms with Crippen LogP contribution in [0.15, 0.2) is 30.3 Å². The fourth-order valence-electron chi connectivity index (χ4n) is 2.31. The van der Waals surface area contributed by atoms with E-state index in [9.17, 15) is 4.39 Å². The summed E-state index contributed by atoms with van der Waals surface area (Å²) in [6.45, 7) is 4.44. The lowest BCUT2D eigenvalue weighted by Crippen LogP contribution is -2.21. The molecular weight excluding hydrogens is 223 g/mol. The first-order chi connectivity index (χ1) is 7.46. The highest BCUT2D eigenvalue weighted by atomic mass is 35.5. The molecule has 1 aliphatic carbocycles. The summed E-state index contributed by atoms with van der Waals surface area (Å²) in [6.07, 6.45) is 4.10. The van der Waals surface area contributed by atoms with Crippen molar-refractivity contribution < 1.29 is 4.39 Å². The summed E-state index contributed by atoms with van der Waals surface area (Å²) in [4.78, 5) is 0. The molecule has 1 atom stereocenters. The van der Waals surface area contributed by atoms with Crippen molar-refractivity contribution >= 4 is 17.2 Å². The second-order valence-electron chi connectivity index (χ2n) is 5.26. The Morgan fingerprint density at radius 1 is 1.25 bits per heavy atom. The number of alkyl halides is 1. The lowest BCUT2D eigenvalue weighted by atomic mass is 9.75. The molecule has 0 saturated heterocycles. The lowest BCUT2D eigenvalue weighted by molar-refractivity contribution is 0.340. The van der Waals surface area contributed by atoms with Gasteiger partial charge in [0.1, 0.15) is 5.82 Å². The van der Waals surface area contributed by atoms with Gasteiger partial charge in [-0.1, -0.05) is 32.1 Å². The fourth-order valence-corrected chi connectivity index (χ4v) is 2.88. The Bertz CT molecular complexity index is 403. The van der Waals surface area contributed by atoms with Crippen molar-refractivity contribution in [3.63, 3.8) is 0 Å². The van der Waals surface area contributed by atoms with Gasteiger partial charge in [0, 0.05) is 0 Å². The average molecular weight is 239 g/mol. The third-order valence-corrected chi connectivity index (χ3v) is 3.29. The Hall–Kier alpha value is -0.820. The van der Waals surface area contributed by atoms with E-state index in [1.54, 1.807) is 0 Å². The first kappa shape index (κ1) is 11.7. The minimum absolute atomic E-state index is 0.0869. The van der Waals surface area contributed by atoms with Crippen molar-refractivity contribution in [2.75, 3.05) is 0 Å². The zero-order valence-corrected chi connectivity index (χ0v) is 10.4. The molecule has 2 heteroatoms. The third kappa shape index (κ3) is 2.65. The van der Waals surface area contributed by atoms with Gasteiger partial charge in [-0.2, -0.15) is 0 Å². The van der Waals surface area contributed by atoms with Gasteiger partial charge in [-0.3, -0.25) is 0 Å². The van der Waals surface area contributed by atoms with E-state index in [1.807, 2.05) is 12.1 Å². The monoisotopic (exact) mass is 238 g/mol. The number of rotatable bonds is 1. The van der Waals surface area contributed by atoms with E-state index < -0.39 is 0 Å². The molecule has 0 fully saturated rings. The van der Waals surface area contributed by atoms with Gasteiger partial charge in [0.15, 0.2) is 0 Å². The number of halogens is 2. The maximum Gasteiger partial charge on any atom is 0.123 e. The average Bonchev–Trinajstić information content (AvgIpc) is 2.15. The largest absolute Gasteiger partial charge is 0.207 e. The molecular formula is C14H16ClF. The first-order valence-electron chi connectivity index (χ1n) is 5.57. The van der Waals surface area contributed by atoms with Crippen LogP contribution in [0.1, 0.15) is 32.3 Å². The number of allylic oxidation sites excluding steroid dienone is 2. The first-order valence-corrected chi connectivity index (χ1v) is 6.01. The van der Waals surface area contributed by atoms with Crippen LogP contribution in [-0.2, 0) is 0 Å². The van der Waals surface area contributed by atoms with E-state index in [4.69, 9.17) is 11.6 Å². The van der Waals surface area contributed by atoms with Gasteiger partial charge in [-0.25, -0.2) is 4.39 Å². The summed E-state index contributed by atoms with van der Waals surface area (Å²) in [5.41, 5.74) is 2.54. The SMILES string of the molecule is CC1(C)CC(c2ccc(F)cc2)=CC(Cl)C1. The van der Waals surface area contributed by atoms with Gasteiger partial charge in [0.05, 0.1) is 5.38 Å². The van der Waals surface area contributed by atoms with Crippen LogP contribution in [0.2, 0.25) is 0 Å². The zero-order valence-electron chi connectivity index (χ0n) is 9.63. The van der Waals surface area contributed by atoms with Gasteiger partial charge in [0.2, 0.25) is 0 Å². The van der Waals surface area contributed by atoms with Crippen LogP contribution in [0.5, 0.6) is 0 Å². The molecule has 0 nitrogen and oxygen atoms in total. The molecule has 0 radical (unpaired) electrons. The maximum atomic E-state index is 12.8. The highest BCUT2D eigenvalue weighted by Gasteiger charge is 2.27. The summed E-state index contributed by atoms with van der Waals surface area (Å²) in [5.74, 6) is -0.193. The summed E-state index contributed by atoms with van der Waals surface area (Å²) in [5, 5.41) is 0.0869. The van der Waals surface area contributed by atoms with Crippen LogP contribution < -0.4 is 0 Å².